The number of carbonyl (C=O) groups excluding carboxylic acids is 1. The van der Waals surface area contributed by atoms with E-state index in [1.54, 1.807) is 18.2 Å². The number of alkyl halides is 2. The Morgan fingerprint density at radius 1 is 1.23 bits per heavy atom. The predicted molar refractivity (Wildman–Crippen MR) is 92.4 cm³/mol. The molecule has 0 aromatic heterocycles. The van der Waals surface area contributed by atoms with Crippen LogP contribution < -0.4 is 10.1 Å². The van der Waals surface area contributed by atoms with Crippen LogP contribution in [0.1, 0.15) is 5.56 Å². The molecule has 1 heterocycles. The van der Waals surface area contributed by atoms with Crippen molar-refractivity contribution < 1.29 is 26.7 Å². The van der Waals surface area contributed by atoms with E-state index in [1.165, 1.54) is 18.2 Å². The summed E-state index contributed by atoms with van der Waals surface area (Å²) >= 11 is 5.94. The third kappa shape index (κ3) is 3.66. The smallest absolute Gasteiger partial charge is 0.341 e. The van der Waals surface area contributed by atoms with Gasteiger partial charge < -0.3 is 10.1 Å². The van der Waals surface area contributed by atoms with Gasteiger partial charge >= 0.3 is 5.76 Å². The molecular formula is C17H14ClF2NO4S. The molecule has 1 aliphatic heterocycles. The lowest BCUT2D eigenvalue weighted by atomic mass is 9.96. The number of anilines is 1. The first-order valence-electron chi connectivity index (χ1n) is 7.62. The first-order chi connectivity index (χ1) is 12.3. The van der Waals surface area contributed by atoms with Crippen LogP contribution in [0, 0.1) is 5.92 Å². The second-order valence-electron chi connectivity index (χ2n) is 5.76. The molecule has 0 spiro atoms. The molecule has 1 N–H and O–H groups in total. The zero-order valence-corrected chi connectivity index (χ0v) is 14.9. The molecule has 0 saturated heterocycles. The third-order valence-corrected chi connectivity index (χ3v) is 5.66. The number of hydrogen-bond acceptors (Lipinski definition) is 4. The standard InChI is InChI=1S/C17H14ClF2NO4S/c18-12-5-6-14-10(8-12)7-11(9-25-14)16(22)21-13-3-1-2-4-15(13)26(23,24)17(19)20/h1-6,8,11,17H,7,9H2,(H,21,22). The third-order valence-electron chi connectivity index (χ3n) is 3.99. The number of rotatable bonds is 4. The first-order valence-corrected chi connectivity index (χ1v) is 9.54. The molecule has 1 unspecified atom stereocenters. The fourth-order valence-corrected chi connectivity index (χ4v) is 3.76. The highest BCUT2D eigenvalue weighted by atomic mass is 35.5. The van der Waals surface area contributed by atoms with Gasteiger partial charge in [-0.15, -0.1) is 0 Å². The molecule has 0 radical (unpaired) electrons. The van der Waals surface area contributed by atoms with E-state index in [0.29, 0.717) is 17.2 Å². The van der Waals surface area contributed by atoms with Crippen LogP contribution in [-0.2, 0) is 21.1 Å². The van der Waals surface area contributed by atoms with Crippen LogP contribution in [-0.4, -0.2) is 26.7 Å². The van der Waals surface area contributed by atoms with Gasteiger partial charge in [0.15, 0.2) is 0 Å². The van der Waals surface area contributed by atoms with Gasteiger partial charge in [-0.1, -0.05) is 23.7 Å². The van der Waals surface area contributed by atoms with Crippen molar-refractivity contribution in [1.82, 2.24) is 0 Å². The topological polar surface area (TPSA) is 72.5 Å². The summed E-state index contributed by atoms with van der Waals surface area (Å²) in [6.45, 7) is 0.0875. The Balaban J connectivity index is 1.82. The molecule has 2 aromatic carbocycles. The van der Waals surface area contributed by atoms with Crippen molar-refractivity contribution >= 4 is 33.0 Å². The van der Waals surface area contributed by atoms with Gasteiger partial charge in [0.1, 0.15) is 12.4 Å². The van der Waals surface area contributed by atoms with Crippen LogP contribution in [0.5, 0.6) is 5.75 Å². The summed E-state index contributed by atoms with van der Waals surface area (Å²) in [7, 11) is -4.83. The van der Waals surface area contributed by atoms with Crippen LogP contribution >= 0.6 is 11.6 Å². The molecule has 138 valence electrons. The molecule has 2 aromatic rings. The summed E-state index contributed by atoms with van der Waals surface area (Å²) in [6, 6.07) is 10.1. The minimum atomic E-state index is -4.83. The highest BCUT2D eigenvalue weighted by Gasteiger charge is 2.31. The van der Waals surface area contributed by atoms with Crippen molar-refractivity contribution in [1.29, 1.82) is 0 Å². The molecule has 3 rings (SSSR count). The lowest BCUT2D eigenvalue weighted by molar-refractivity contribution is -0.121. The average Bonchev–Trinajstić information content (AvgIpc) is 2.61. The average molecular weight is 402 g/mol. The number of para-hydroxylation sites is 1. The summed E-state index contributed by atoms with van der Waals surface area (Å²) < 4.78 is 54.8. The van der Waals surface area contributed by atoms with Crippen LogP contribution in [0.15, 0.2) is 47.4 Å². The van der Waals surface area contributed by atoms with Gasteiger partial charge in [-0.2, -0.15) is 8.78 Å². The van der Waals surface area contributed by atoms with Crippen molar-refractivity contribution in [2.24, 2.45) is 5.92 Å². The molecule has 1 atom stereocenters. The van der Waals surface area contributed by atoms with Crippen LogP contribution in [0.25, 0.3) is 0 Å². The van der Waals surface area contributed by atoms with Crippen LogP contribution in [0.4, 0.5) is 14.5 Å². The minimum Gasteiger partial charge on any atom is -0.492 e. The minimum absolute atomic E-state index is 0.0875. The van der Waals surface area contributed by atoms with E-state index in [-0.39, 0.29) is 12.3 Å². The molecule has 5 nitrogen and oxygen atoms in total. The lowest BCUT2D eigenvalue weighted by Gasteiger charge is -2.25. The summed E-state index contributed by atoms with van der Waals surface area (Å²) in [5.74, 6) is -4.08. The van der Waals surface area contributed by atoms with Gasteiger partial charge in [0.2, 0.25) is 15.7 Å². The maximum absolute atomic E-state index is 12.8. The summed E-state index contributed by atoms with van der Waals surface area (Å²) in [5, 5.41) is 2.92. The monoisotopic (exact) mass is 401 g/mol. The lowest BCUT2D eigenvalue weighted by Crippen LogP contribution is -2.33. The highest BCUT2D eigenvalue weighted by Crippen LogP contribution is 2.31. The maximum Gasteiger partial charge on any atom is 0.341 e. The number of halogens is 3. The van der Waals surface area contributed by atoms with Crippen molar-refractivity contribution in [3.05, 3.63) is 53.1 Å². The molecule has 1 amide bonds. The van der Waals surface area contributed by atoms with E-state index in [2.05, 4.69) is 5.32 Å². The number of sulfone groups is 1. The predicted octanol–water partition coefficient (Wildman–Crippen LogP) is 3.53. The van der Waals surface area contributed by atoms with E-state index in [9.17, 15) is 22.0 Å². The number of ether oxygens (including phenoxy) is 1. The molecule has 9 heteroatoms. The Labute approximate surface area is 153 Å². The molecule has 0 fully saturated rings. The second-order valence-corrected chi connectivity index (χ2v) is 8.08. The Bertz CT molecular complexity index is 950. The van der Waals surface area contributed by atoms with Gasteiger partial charge in [-0.25, -0.2) is 8.42 Å². The second kappa shape index (κ2) is 7.20. The SMILES string of the molecule is O=C(Nc1ccccc1S(=O)(=O)C(F)F)C1COc2ccc(Cl)cc2C1. The fraction of sp³-hybridized carbons (Fsp3) is 0.235. The molecule has 1 aliphatic rings. The Morgan fingerprint density at radius 2 is 1.96 bits per heavy atom. The number of hydrogen-bond donors (Lipinski definition) is 1. The van der Waals surface area contributed by atoms with E-state index < -0.39 is 32.3 Å². The fourth-order valence-electron chi connectivity index (χ4n) is 2.68. The summed E-state index contributed by atoms with van der Waals surface area (Å²) in [5.41, 5.74) is 0.562. The highest BCUT2D eigenvalue weighted by molar-refractivity contribution is 7.91. The van der Waals surface area contributed by atoms with Gasteiger partial charge in [0.05, 0.1) is 16.5 Å². The molecular weight excluding hydrogens is 388 g/mol. The van der Waals surface area contributed by atoms with E-state index in [0.717, 1.165) is 11.6 Å². The van der Waals surface area contributed by atoms with E-state index >= 15 is 0 Å². The van der Waals surface area contributed by atoms with Crippen molar-refractivity contribution in [2.45, 2.75) is 17.1 Å². The van der Waals surface area contributed by atoms with Gasteiger partial charge in [0, 0.05) is 5.02 Å². The van der Waals surface area contributed by atoms with Crippen molar-refractivity contribution in [3.8, 4) is 5.75 Å². The van der Waals surface area contributed by atoms with Gasteiger partial charge in [0.25, 0.3) is 0 Å². The first kappa shape index (κ1) is 18.6. The Kier molecular flexibility index (Phi) is 5.15. The number of benzene rings is 2. The van der Waals surface area contributed by atoms with E-state index in [1.807, 2.05) is 0 Å². The van der Waals surface area contributed by atoms with E-state index in [4.69, 9.17) is 16.3 Å². The molecule has 0 saturated carbocycles. The molecule has 0 bridgehead atoms. The maximum atomic E-state index is 12.8. The van der Waals surface area contributed by atoms with Crippen molar-refractivity contribution in [3.63, 3.8) is 0 Å². The Morgan fingerprint density at radius 3 is 2.69 bits per heavy atom. The van der Waals surface area contributed by atoms with Gasteiger partial charge in [-0.3, -0.25) is 4.79 Å². The van der Waals surface area contributed by atoms with Crippen LogP contribution in [0.3, 0.4) is 0 Å². The molecule has 0 aliphatic carbocycles. The number of carbonyl (C=O) groups is 1. The normalized spacial score (nSPS) is 16.7. The Hall–Kier alpha value is -2.19. The van der Waals surface area contributed by atoms with Crippen molar-refractivity contribution in [2.75, 3.05) is 11.9 Å². The largest absolute Gasteiger partial charge is 0.492 e. The quantitative estimate of drug-likeness (QED) is 0.850. The zero-order chi connectivity index (χ0) is 18.9. The van der Waals surface area contributed by atoms with Crippen LogP contribution in [0.2, 0.25) is 5.02 Å². The number of nitrogens with one attached hydrogen (secondary N) is 1. The number of amides is 1. The molecule has 26 heavy (non-hydrogen) atoms. The summed E-state index contributed by atoms with van der Waals surface area (Å²) in [4.78, 5) is 11.9. The zero-order valence-electron chi connectivity index (χ0n) is 13.3. The summed E-state index contributed by atoms with van der Waals surface area (Å²) in [6.07, 6.45) is 0.339. The van der Waals surface area contributed by atoms with Gasteiger partial charge in [-0.05, 0) is 42.3 Å². The number of fused-ring (bicyclic) bond motifs is 1.